The minimum Gasteiger partial charge on any atom is -0.326 e. The van der Waals surface area contributed by atoms with Crippen molar-refractivity contribution >= 4 is 34.2 Å². The van der Waals surface area contributed by atoms with E-state index in [1.807, 2.05) is 37.5 Å². The van der Waals surface area contributed by atoms with E-state index in [2.05, 4.69) is 40.3 Å². The van der Waals surface area contributed by atoms with Crippen LogP contribution in [0.25, 0.3) is 22.1 Å². The maximum absolute atomic E-state index is 4.77. The normalized spacial score (nSPS) is 11.9. The van der Waals surface area contributed by atoms with Crippen molar-refractivity contribution in [1.82, 2.24) is 19.1 Å². The van der Waals surface area contributed by atoms with Crippen LogP contribution in [-0.4, -0.2) is 25.3 Å². The molecule has 0 aliphatic rings. The smallest absolute Gasteiger partial charge is 0.230 e. The van der Waals surface area contributed by atoms with Gasteiger partial charge >= 0.3 is 0 Å². The number of hydrogen-bond donors (Lipinski definition) is 0. The van der Waals surface area contributed by atoms with Gasteiger partial charge < -0.3 is 9.13 Å². The lowest BCUT2D eigenvalue weighted by molar-refractivity contribution is 0.565. The van der Waals surface area contributed by atoms with Gasteiger partial charge in [0, 0.05) is 13.6 Å². The molecule has 0 fully saturated rings. The molecule has 0 bridgehead atoms. The van der Waals surface area contributed by atoms with E-state index in [4.69, 9.17) is 15.0 Å². The van der Waals surface area contributed by atoms with E-state index in [-0.39, 0.29) is 0 Å². The van der Waals surface area contributed by atoms with Crippen molar-refractivity contribution in [1.29, 1.82) is 0 Å². The lowest BCUT2D eigenvalue weighted by Gasteiger charge is -2.06. The van der Waals surface area contributed by atoms with E-state index in [0.717, 1.165) is 46.8 Å². The lowest BCUT2D eigenvalue weighted by Crippen LogP contribution is -1.99. The Morgan fingerprint density at radius 1 is 0.828 bits per heavy atom. The number of rotatable bonds is 9. The Bertz CT molecular complexity index is 1120. The zero-order valence-corrected chi connectivity index (χ0v) is 17.4. The lowest BCUT2D eigenvalue weighted by atomic mass is 10.1. The topological polar surface area (TPSA) is 48.0 Å². The molecule has 0 unspecified atom stereocenters. The number of para-hydroxylation sites is 4. The molecule has 4 aromatic rings. The molecule has 0 saturated heterocycles. The van der Waals surface area contributed by atoms with Crippen molar-refractivity contribution < 1.29 is 0 Å². The number of imidazole rings is 2. The summed E-state index contributed by atoms with van der Waals surface area (Å²) in [6.07, 6.45) is 9.49. The monoisotopic (exact) mass is 387 g/mol. The molecule has 5 nitrogen and oxygen atoms in total. The summed E-state index contributed by atoms with van der Waals surface area (Å²) < 4.78 is 4.31. The Morgan fingerprint density at radius 2 is 1.48 bits per heavy atom. The minimum atomic E-state index is 0.756. The zero-order chi connectivity index (χ0) is 20.1. The van der Waals surface area contributed by atoms with Crippen LogP contribution < -0.4 is 0 Å². The molecule has 0 radical (unpaired) electrons. The van der Waals surface area contributed by atoms with Gasteiger partial charge in [-0.2, -0.15) is 0 Å². The molecule has 150 valence electrons. The highest BCUT2D eigenvalue weighted by Crippen LogP contribution is 2.23. The highest BCUT2D eigenvalue weighted by molar-refractivity contribution is 5.86. The molecule has 0 saturated carbocycles. The van der Waals surface area contributed by atoms with Gasteiger partial charge in [-0.05, 0) is 30.7 Å². The second kappa shape index (κ2) is 9.03. The quantitative estimate of drug-likeness (QED) is 0.260. The number of hydrogen-bond acceptors (Lipinski definition) is 3. The van der Waals surface area contributed by atoms with E-state index in [0.29, 0.717) is 0 Å². The Hall–Kier alpha value is -2.95. The summed E-state index contributed by atoms with van der Waals surface area (Å²) in [7, 11) is 2.02. The fraction of sp³-hybridized carbons (Fsp3) is 0.375. The highest BCUT2D eigenvalue weighted by atomic mass is 15.2. The predicted octanol–water partition coefficient (Wildman–Crippen LogP) is 6.03. The van der Waals surface area contributed by atoms with Gasteiger partial charge in [-0.3, -0.25) is 0 Å². The summed E-state index contributed by atoms with van der Waals surface area (Å²) in [5.74, 6) is 1.59. The molecule has 2 heterocycles. The van der Waals surface area contributed by atoms with Crippen LogP contribution in [0.3, 0.4) is 0 Å². The van der Waals surface area contributed by atoms with Gasteiger partial charge in [-0.1, -0.05) is 63.3 Å². The van der Waals surface area contributed by atoms with Crippen molar-refractivity contribution in [3.05, 3.63) is 54.4 Å². The summed E-state index contributed by atoms with van der Waals surface area (Å²) in [6.45, 7) is 3.20. The molecule has 0 aliphatic carbocycles. The number of aliphatic imine (C=N–C) groups is 1. The molecule has 2 aromatic heterocycles. The second-order valence-electron chi connectivity index (χ2n) is 7.60. The fourth-order valence-corrected chi connectivity index (χ4v) is 3.83. The van der Waals surface area contributed by atoms with Crippen molar-refractivity contribution in [3.63, 3.8) is 0 Å². The first-order valence-electron chi connectivity index (χ1n) is 10.7. The number of aryl methyl sites for hydroxylation is 2. The Balaban J connectivity index is 1.57. The van der Waals surface area contributed by atoms with Crippen LogP contribution in [0.15, 0.2) is 53.5 Å². The molecule has 4 rings (SSSR count). The van der Waals surface area contributed by atoms with Gasteiger partial charge in [-0.25, -0.2) is 15.0 Å². The van der Waals surface area contributed by atoms with E-state index in [1.165, 1.54) is 32.1 Å². The first kappa shape index (κ1) is 19.4. The largest absolute Gasteiger partial charge is 0.326 e. The molecular formula is C24H29N5. The second-order valence-corrected chi connectivity index (χ2v) is 7.60. The van der Waals surface area contributed by atoms with Crippen molar-refractivity contribution in [2.75, 3.05) is 0 Å². The van der Waals surface area contributed by atoms with Crippen LogP contribution in [0, 0.1) is 0 Å². The highest BCUT2D eigenvalue weighted by Gasteiger charge is 2.10. The first-order valence-corrected chi connectivity index (χ1v) is 10.7. The maximum Gasteiger partial charge on any atom is 0.230 e. The average Bonchev–Trinajstić information content (AvgIpc) is 3.26. The molecule has 0 amide bonds. The summed E-state index contributed by atoms with van der Waals surface area (Å²) in [5.41, 5.74) is 4.24. The van der Waals surface area contributed by atoms with Crippen molar-refractivity contribution in [2.45, 2.75) is 52.0 Å². The van der Waals surface area contributed by atoms with Crippen LogP contribution in [0.5, 0.6) is 0 Å². The van der Waals surface area contributed by atoms with Crippen molar-refractivity contribution in [3.8, 4) is 0 Å². The summed E-state index contributed by atoms with van der Waals surface area (Å²) in [5, 5.41) is 0. The van der Waals surface area contributed by atoms with Crippen LogP contribution in [0.4, 0.5) is 5.95 Å². The van der Waals surface area contributed by atoms with Gasteiger partial charge in [0.25, 0.3) is 0 Å². The van der Waals surface area contributed by atoms with Gasteiger partial charge in [-0.15, -0.1) is 0 Å². The molecule has 29 heavy (non-hydrogen) atoms. The van der Waals surface area contributed by atoms with Crippen LogP contribution in [0.1, 0.15) is 51.3 Å². The maximum atomic E-state index is 4.77. The third kappa shape index (κ3) is 4.24. The van der Waals surface area contributed by atoms with Crippen LogP contribution >= 0.6 is 0 Å². The Morgan fingerprint density at radius 3 is 2.24 bits per heavy atom. The number of unbranched alkanes of at least 4 members (excludes halogenated alkanes) is 5. The summed E-state index contributed by atoms with van der Waals surface area (Å²) in [4.78, 5) is 14.2. The third-order valence-corrected chi connectivity index (χ3v) is 5.49. The third-order valence-electron chi connectivity index (χ3n) is 5.49. The molecular weight excluding hydrogens is 358 g/mol. The minimum absolute atomic E-state index is 0.756. The first-order chi connectivity index (χ1) is 14.3. The summed E-state index contributed by atoms with van der Waals surface area (Å²) in [6, 6.07) is 16.4. The van der Waals surface area contributed by atoms with E-state index >= 15 is 0 Å². The van der Waals surface area contributed by atoms with Crippen molar-refractivity contribution in [2.24, 2.45) is 12.0 Å². The van der Waals surface area contributed by atoms with Gasteiger partial charge in [0.2, 0.25) is 5.95 Å². The molecule has 2 aromatic carbocycles. The molecule has 5 heteroatoms. The number of benzene rings is 2. The Kier molecular flexibility index (Phi) is 6.03. The van der Waals surface area contributed by atoms with Crippen LogP contribution in [0.2, 0.25) is 0 Å². The number of aromatic nitrogens is 4. The molecule has 0 aliphatic heterocycles. The van der Waals surface area contributed by atoms with E-state index < -0.39 is 0 Å². The Labute approximate surface area is 172 Å². The van der Waals surface area contributed by atoms with E-state index in [1.54, 1.807) is 0 Å². The fourth-order valence-electron chi connectivity index (χ4n) is 3.83. The SMILES string of the molecule is CCCCCCCCn1c(/N=C/c2nc3ccccc3n2C)nc2ccccc21. The zero-order valence-electron chi connectivity index (χ0n) is 17.4. The number of nitrogens with zero attached hydrogens (tertiary/aromatic N) is 5. The summed E-state index contributed by atoms with van der Waals surface area (Å²) >= 11 is 0. The molecule has 0 N–H and O–H groups in total. The van der Waals surface area contributed by atoms with Gasteiger partial charge in [0.15, 0.2) is 5.82 Å². The predicted molar refractivity (Wildman–Crippen MR) is 121 cm³/mol. The van der Waals surface area contributed by atoms with E-state index in [9.17, 15) is 0 Å². The molecule has 0 atom stereocenters. The van der Waals surface area contributed by atoms with Gasteiger partial charge in [0.1, 0.15) is 0 Å². The number of fused-ring (bicyclic) bond motifs is 2. The standard InChI is InChI=1S/C24H29N5/c1-3-4-5-6-7-12-17-29-22-16-11-9-14-20(22)27-24(29)25-18-23-26-19-13-8-10-15-21(19)28(23)2/h8-11,13-16,18H,3-7,12,17H2,1-2H3/b25-18+. The van der Waals surface area contributed by atoms with Gasteiger partial charge in [0.05, 0.1) is 28.3 Å². The average molecular weight is 388 g/mol. The van der Waals surface area contributed by atoms with Crippen LogP contribution in [-0.2, 0) is 13.6 Å². The molecule has 0 spiro atoms.